The van der Waals surface area contributed by atoms with Crippen molar-refractivity contribution in [3.63, 3.8) is 0 Å². The molecule has 0 N–H and O–H groups in total. The fourth-order valence-electron chi connectivity index (χ4n) is 4.63. The largest absolute Gasteiger partial charge is 0.338 e. The Morgan fingerprint density at radius 3 is 2.15 bits per heavy atom. The van der Waals surface area contributed by atoms with Crippen molar-refractivity contribution in [3.8, 4) is 0 Å². The van der Waals surface area contributed by atoms with Crippen molar-refractivity contribution in [3.05, 3.63) is 22.4 Å². The first-order valence-electron chi connectivity index (χ1n) is 10.3. The van der Waals surface area contributed by atoms with Gasteiger partial charge in [-0.25, -0.2) is 0 Å². The minimum Gasteiger partial charge on any atom is -0.338 e. The molecule has 2 amide bonds. The predicted molar refractivity (Wildman–Crippen MR) is 104 cm³/mol. The molecule has 2 aliphatic carbocycles. The summed E-state index contributed by atoms with van der Waals surface area (Å²) in [7, 11) is 0. The molecule has 3 aliphatic rings. The van der Waals surface area contributed by atoms with Gasteiger partial charge in [0.05, 0.1) is 4.88 Å². The van der Waals surface area contributed by atoms with Crippen molar-refractivity contribution in [1.82, 2.24) is 9.80 Å². The van der Waals surface area contributed by atoms with E-state index < -0.39 is 0 Å². The topological polar surface area (TPSA) is 40.6 Å². The van der Waals surface area contributed by atoms with Crippen LogP contribution in [0.5, 0.6) is 0 Å². The minimum atomic E-state index is 0.113. The van der Waals surface area contributed by atoms with Crippen LogP contribution < -0.4 is 0 Å². The van der Waals surface area contributed by atoms with Gasteiger partial charge >= 0.3 is 0 Å². The van der Waals surface area contributed by atoms with Crippen LogP contribution in [-0.4, -0.2) is 46.8 Å². The third kappa shape index (κ3) is 3.83. The number of likely N-dealkylation sites (tertiary alicyclic amines) is 1. The summed E-state index contributed by atoms with van der Waals surface area (Å²) in [6.07, 6.45) is 8.90. The lowest BCUT2D eigenvalue weighted by Gasteiger charge is -2.40. The number of nitrogens with zero attached hydrogens (tertiary/aromatic N) is 2. The number of hydrogen-bond donors (Lipinski definition) is 0. The Morgan fingerprint density at radius 1 is 1.00 bits per heavy atom. The second-order valence-corrected chi connectivity index (χ2v) is 9.38. The van der Waals surface area contributed by atoms with Crippen LogP contribution in [0.1, 0.15) is 68.0 Å². The van der Waals surface area contributed by atoms with Gasteiger partial charge in [-0.1, -0.05) is 13.0 Å². The van der Waals surface area contributed by atoms with E-state index in [9.17, 15) is 9.59 Å². The van der Waals surface area contributed by atoms with Crippen molar-refractivity contribution in [2.75, 3.05) is 13.1 Å². The molecule has 26 heavy (non-hydrogen) atoms. The summed E-state index contributed by atoms with van der Waals surface area (Å²) in [5.41, 5.74) is 0. The molecule has 5 heteroatoms. The summed E-state index contributed by atoms with van der Waals surface area (Å²) in [5, 5.41) is 1.95. The maximum absolute atomic E-state index is 13.3. The lowest BCUT2D eigenvalue weighted by atomic mass is 9.85. The SMILES string of the molecule is CC1CCC(N(C(=O)C2CCN(C(=O)c3cccs3)CC2)C2CC2)CC1. The van der Waals surface area contributed by atoms with Gasteiger partial charge in [0.2, 0.25) is 5.91 Å². The lowest BCUT2D eigenvalue weighted by molar-refractivity contribution is -0.141. The fourth-order valence-corrected chi connectivity index (χ4v) is 5.32. The van der Waals surface area contributed by atoms with Crippen LogP contribution in [0.15, 0.2) is 17.5 Å². The smallest absolute Gasteiger partial charge is 0.263 e. The maximum Gasteiger partial charge on any atom is 0.263 e. The molecule has 4 rings (SSSR count). The van der Waals surface area contributed by atoms with Crippen LogP contribution in [0.25, 0.3) is 0 Å². The van der Waals surface area contributed by atoms with E-state index in [-0.39, 0.29) is 11.8 Å². The van der Waals surface area contributed by atoms with Crippen LogP contribution in [0.3, 0.4) is 0 Å². The van der Waals surface area contributed by atoms with Crippen molar-refractivity contribution in [1.29, 1.82) is 0 Å². The zero-order valence-electron chi connectivity index (χ0n) is 15.7. The third-order valence-electron chi connectivity index (χ3n) is 6.44. The zero-order valence-corrected chi connectivity index (χ0v) is 16.5. The highest BCUT2D eigenvalue weighted by Gasteiger charge is 2.41. The fraction of sp³-hybridized carbons (Fsp3) is 0.714. The van der Waals surface area contributed by atoms with Crippen LogP contribution in [-0.2, 0) is 4.79 Å². The van der Waals surface area contributed by atoms with E-state index in [1.807, 2.05) is 22.4 Å². The molecule has 0 unspecified atom stereocenters. The Labute approximate surface area is 160 Å². The van der Waals surface area contributed by atoms with Crippen LogP contribution in [0, 0.1) is 11.8 Å². The summed E-state index contributed by atoms with van der Waals surface area (Å²) in [4.78, 5) is 30.8. The van der Waals surface area contributed by atoms with Crippen molar-refractivity contribution in [2.24, 2.45) is 11.8 Å². The van der Waals surface area contributed by atoms with Gasteiger partial charge in [0.1, 0.15) is 0 Å². The molecule has 0 aromatic carbocycles. The van der Waals surface area contributed by atoms with Gasteiger partial charge in [-0.15, -0.1) is 11.3 Å². The first-order valence-corrected chi connectivity index (χ1v) is 11.2. The number of carbonyl (C=O) groups excluding carboxylic acids is 2. The normalized spacial score (nSPS) is 27.3. The quantitative estimate of drug-likeness (QED) is 0.794. The Bertz CT molecular complexity index is 624. The second kappa shape index (κ2) is 7.71. The van der Waals surface area contributed by atoms with Crippen molar-refractivity contribution < 1.29 is 9.59 Å². The van der Waals surface area contributed by atoms with Gasteiger partial charge in [-0.05, 0) is 68.7 Å². The molecule has 1 aliphatic heterocycles. The van der Waals surface area contributed by atoms with E-state index in [0.29, 0.717) is 31.1 Å². The minimum absolute atomic E-state index is 0.113. The summed E-state index contributed by atoms with van der Waals surface area (Å²) in [6.45, 7) is 3.76. The molecule has 0 atom stereocenters. The molecule has 1 aromatic rings. The third-order valence-corrected chi connectivity index (χ3v) is 7.29. The van der Waals surface area contributed by atoms with E-state index >= 15 is 0 Å². The monoisotopic (exact) mass is 374 g/mol. The highest BCUT2D eigenvalue weighted by molar-refractivity contribution is 7.12. The number of carbonyl (C=O) groups is 2. The molecule has 3 fully saturated rings. The van der Waals surface area contributed by atoms with E-state index in [1.54, 1.807) is 0 Å². The van der Waals surface area contributed by atoms with Crippen molar-refractivity contribution >= 4 is 23.2 Å². The molecular weight excluding hydrogens is 344 g/mol. The van der Waals surface area contributed by atoms with E-state index in [0.717, 1.165) is 23.6 Å². The summed E-state index contributed by atoms with van der Waals surface area (Å²) < 4.78 is 0. The molecule has 0 radical (unpaired) electrons. The second-order valence-electron chi connectivity index (χ2n) is 8.43. The summed E-state index contributed by atoms with van der Waals surface area (Å²) in [6, 6.07) is 4.79. The Kier molecular flexibility index (Phi) is 5.35. The van der Waals surface area contributed by atoms with Crippen LogP contribution >= 0.6 is 11.3 Å². The van der Waals surface area contributed by atoms with Gasteiger partial charge < -0.3 is 9.80 Å². The van der Waals surface area contributed by atoms with Gasteiger partial charge in [-0.2, -0.15) is 0 Å². The maximum atomic E-state index is 13.3. The molecule has 4 nitrogen and oxygen atoms in total. The molecule has 1 saturated heterocycles. The van der Waals surface area contributed by atoms with Gasteiger partial charge in [0.25, 0.3) is 5.91 Å². The van der Waals surface area contributed by atoms with Gasteiger partial charge in [0, 0.05) is 31.1 Å². The van der Waals surface area contributed by atoms with E-state index in [4.69, 9.17) is 0 Å². The number of rotatable bonds is 4. The lowest BCUT2D eigenvalue weighted by Crippen LogP contribution is -2.49. The number of hydrogen-bond acceptors (Lipinski definition) is 3. The first-order chi connectivity index (χ1) is 12.6. The highest BCUT2D eigenvalue weighted by Crippen LogP contribution is 2.37. The average molecular weight is 375 g/mol. The number of piperidine rings is 1. The number of amides is 2. The molecular formula is C21H30N2O2S. The van der Waals surface area contributed by atoms with E-state index in [2.05, 4.69) is 11.8 Å². The average Bonchev–Trinajstić information content (AvgIpc) is 3.34. The Hall–Kier alpha value is -1.36. The predicted octanol–water partition coefficient (Wildman–Crippen LogP) is 4.17. The molecule has 2 saturated carbocycles. The van der Waals surface area contributed by atoms with Gasteiger partial charge in [-0.3, -0.25) is 9.59 Å². The Balaban J connectivity index is 1.35. The molecule has 0 bridgehead atoms. The first kappa shape index (κ1) is 18.0. The molecule has 2 heterocycles. The van der Waals surface area contributed by atoms with Crippen LogP contribution in [0.2, 0.25) is 0 Å². The summed E-state index contributed by atoms with van der Waals surface area (Å²) >= 11 is 1.50. The Morgan fingerprint density at radius 2 is 1.62 bits per heavy atom. The number of thiophene rings is 1. The van der Waals surface area contributed by atoms with Crippen molar-refractivity contribution in [2.45, 2.75) is 70.4 Å². The molecule has 1 aromatic heterocycles. The zero-order chi connectivity index (χ0) is 18.1. The highest BCUT2D eigenvalue weighted by atomic mass is 32.1. The molecule has 142 valence electrons. The van der Waals surface area contributed by atoms with Gasteiger partial charge in [0.15, 0.2) is 0 Å². The van der Waals surface area contributed by atoms with E-state index in [1.165, 1.54) is 49.9 Å². The van der Waals surface area contributed by atoms with Crippen LogP contribution in [0.4, 0.5) is 0 Å². The molecule has 0 spiro atoms. The standard InChI is InChI=1S/C21H30N2O2S/c1-15-4-6-17(7-5-15)23(18-8-9-18)20(24)16-10-12-22(13-11-16)21(25)19-3-2-14-26-19/h2-3,14-18H,4-13H2,1H3. The summed E-state index contributed by atoms with van der Waals surface area (Å²) in [5.74, 6) is 1.44.